The van der Waals surface area contributed by atoms with Crippen LogP contribution in [0.5, 0.6) is 5.75 Å². The standard InChI is InChI=1S/C22H23NO2S/c24-20(15-23-12-10-22-19(14-23)11-13-26-22)16-25-21-8-6-18(7-9-21)17-4-2-1-3-5-17/h1-9,11,13,20,24H,10,12,14-16H2/t20-/m0/s1. The van der Waals surface area contributed by atoms with Gasteiger partial charge < -0.3 is 9.84 Å². The summed E-state index contributed by atoms with van der Waals surface area (Å²) in [4.78, 5) is 3.80. The van der Waals surface area contributed by atoms with Gasteiger partial charge in [0.05, 0.1) is 0 Å². The first-order valence-electron chi connectivity index (χ1n) is 9.02. The molecule has 2 aromatic carbocycles. The summed E-state index contributed by atoms with van der Waals surface area (Å²) >= 11 is 1.84. The van der Waals surface area contributed by atoms with Crippen molar-refractivity contribution < 1.29 is 9.84 Å². The molecule has 0 unspecified atom stereocenters. The first-order valence-corrected chi connectivity index (χ1v) is 9.90. The van der Waals surface area contributed by atoms with E-state index in [-0.39, 0.29) is 0 Å². The van der Waals surface area contributed by atoms with E-state index in [0.717, 1.165) is 25.3 Å². The van der Waals surface area contributed by atoms with Gasteiger partial charge in [-0.3, -0.25) is 4.90 Å². The van der Waals surface area contributed by atoms with Crippen LogP contribution in [0.1, 0.15) is 10.4 Å². The van der Waals surface area contributed by atoms with Crippen molar-refractivity contribution in [2.24, 2.45) is 0 Å². The fourth-order valence-corrected chi connectivity index (χ4v) is 4.27. The van der Waals surface area contributed by atoms with Gasteiger partial charge >= 0.3 is 0 Å². The van der Waals surface area contributed by atoms with E-state index in [1.807, 2.05) is 41.7 Å². The van der Waals surface area contributed by atoms with E-state index in [9.17, 15) is 5.11 Å². The molecule has 1 aliphatic rings. The van der Waals surface area contributed by atoms with Crippen LogP contribution >= 0.6 is 11.3 Å². The van der Waals surface area contributed by atoms with Crippen LogP contribution in [-0.4, -0.2) is 35.8 Å². The van der Waals surface area contributed by atoms with E-state index in [0.29, 0.717) is 13.2 Å². The fraction of sp³-hybridized carbons (Fsp3) is 0.273. The maximum atomic E-state index is 10.3. The lowest BCUT2D eigenvalue weighted by atomic mass is 10.1. The predicted octanol–water partition coefficient (Wildman–Crippen LogP) is 4.21. The highest BCUT2D eigenvalue weighted by atomic mass is 32.1. The minimum Gasteiger partial charge on any atom is -0.491 e. The third kappa shape index (κ3) is 4.15. The summed E-state index contributed by atoms with van der Waals surface area (Å²) in [5, 5.41) is 12.5. The minimum absolute atomic E-state index is 0.317. The number of hydrogen-bond acceptors (Lipinski definition) is 4. The highest BCUT2D eigenvalue weighted by Gasteiger charge is 2.19. The van der Waals surface area contributed by atoms with E-state index in [2.05, 4.69) is 40.6 Å². The highest BCUT2D eigenvalue weighted by Crippen LogP contribution is 2.24. The summed E-state index contributed by atoms with van der Waals surface area (Å²) in [5.74, 6) is 0.794. The molecular weight excluding hydrogens is 342 g/mol. The Labute approximate surface area is 158 Å². The molecule has 1 N–H and O–H groups in total. The number of aliphatic hydroxyl groups is 1. The van der Waals surface area contributed by atoms with E-state index in [4.69, 9.17) is 4.74 Å². The van der Waals surface area contributed by atoms with Crippen molar-refractivity contribution in [1.82, 2.24) is 4.90 Å². The molecule has 3 aromatic rings. The Morgan fingerprint density at radius 3 is 2.58 bits per heavy atom. The van der Waals surface area contributed by atoms with Gasteiger partial charge in [0.15, 0.2) is 0 Å². The monoisotopic (exact) mass is 365 g/mol. The number of ether oxygens (including phenoxy) is 1. The topological polar surface area (TPSA) is 32.7 Å². The van der Waals surface area contributed by atoms with E-state index < -0.39 is 6.10 Å². The van der Waals surface area contributed by atoms with Crippen molar-refractivity contribution in [3.8, 4) is 16.9 Å². The van der Waals surface area contributed by atoms with Crippen LogP contribution < -0.4 is 4.74 Å². The number of nitrogens with zero attached hydrogens (tertiary/aromatic N) is 1. The summed E-state index contributed by atoms with van der Waals surface area (Å²) in [5.41, 5.74) is 3.77. The van der Waals surface area contributed by atoms with Gasteiger partial charge in [0.2, 0.25) is 0 Å². The molecule has 134 valence electrons. The van der Waals surface area contributed by atoms with Crippen molar-refractivity contribution in [3.63, 3.8) is 0 Å². The molecule has 1 atom stereocenters. The molecule has 0 fully saturated rings. The second-order valence-electron chi connectivity index (χ2n) is 6.71. The van der Waals surface area contributed by atoms with Crippen LogP contribution in [0.25, 0.3) is 11.1 Å². The van der Waals surface area contributed by atoms with Crippen molar-refractivity contribution in [3.05, 3.63) is 76.5 Å². The van der Waals surface area contributed by atoms with Gasteiger partial charge in [0.1, 0.15) is 18.5 Å². The zero-order valence-corrected chi connectivity index (χ0v) is 15.5. The van der Waals surface area contributed by atoms with Crippen molar-refractivity contribution in [1.29, 1.82) is 0 Å². The van der Waals surface area contributed by atoms with Gasteiger partial charge in [-0.05, 0) is 46.7 Å². The zero-order chi connectivity index (χ0) is 17.8. The van der Waals surface area contributed by atoms with Crippen molar-refractivity contribution >= 4 is 11.3 Å². The minimum atomic E-state index is -0.482. The number of rotatable bonds is 6. The predicted molar refractivity (Wildman–Crippen MR) is 107 cm³/mol. The van der Waals surface area contributed by atoms with Gasteiger partial charge in [-0.1, -0.05) is 42.5 Å². The molecule has 0 bridgehead atoms. The Kier molecular flexibility index (Phi) is 5.34. The highest BCUT2D eigenvalue weighted by molar-refractivity contribution is 7.10. The van der Waals surface area contributed by atoms with Crippen LogP contribution in [0.2, 0.25) is 0 Å². The normalized spacial score (nSPS) is 15.4. The molecule has 0 saturated heterocycles. The van der Waals surface area contributed by atoms with Gasteiger partial charge in [0, 0.05) is 24.5 Å². The SMILES string of the molecule is O[C@H](COc1ccc(-c2ccccc2)cc1)CN1CCc2sccc2C1. The average Bonchev–Trinajstić information content (AvgIpc) is 3.15. The second kappa shape index (κ2) is 8.04. The molecule has 1 aromatic heterocycles. The summed E-state index contributed by atoms with van der Waals surface area (Å²) in [6.07, 6.45) is 0.602. The number of benzene rings is 2. The molecule has 4 rings (SSSR count). The summed E-state index contributed by atoms with van der Waals surface area (Å²) in [6.45, 7) is 2.91. The van der Waals surface area contributed by atoms with Gasteiger partial charge in [-0.25, -0.2) is 0 Å². The Balaban J connectivity index is 1.27. The van der Waals surface area contributed by atoms with Crippen LogP contribution in [-0.2, 0) is 13.0 Å². The summed E-state index contributed by atoms with van der Waals surface area (Å²) in [7, 11) is 0. The average molecular weight is 365 g/mol. The van der Waals surface area contributed by atoms with Crippen LogP contribution in [0.3, 0.4) is 0 Å². The van der Waals surface area contributed by atoms with Gasteiger partial charge in [-0.15, -0.1) is 11.3 Å². The molecule has 0 radical (unpaired) electrons. The molecule has 0 spiro atoms. The van der Waals surface area contributed by atoms with E-state index in [1.54, 1.807) is 0 Å². The number of β-amino-alcohol motifs (C(OH)–C–C–N with tert-alkyl or cyclic N) is 1. The Hall–Kier alpha value is -2.14. The number of thiophene rings is 1. The first kappa shape index (κ1) is 17.3. The second-order valence-corrected chi connectivity index (χ2v) is 7.71. The number of aliphatic hydroxyl groups excluding tert-OH is 1. The number of fused-ring (bicyclic) bond motifs is 1. The molecular formula is C22H23NO2S. The van der Waals surface area contributed by atoms with Crippen LogP contribution in [0, 0.1) is 0 Å². The molecule has 0 aliphatic carbocycles. The molecule has 3 nitrogen and oxygen atoms in total. The van der Waals surface area contributed by atoms with Crippen molar-refractivity contribution in [2.45, 2.75) is 19.1 Å². The fourth-order valence-electron chi connectivity index (χ4n) is 3.38. The lowest BCUT2D eigenvalue weighted by molar-refractivity contribution is 0.0640. The Morgan fingerprint density at radius 1 is 1.00 bits per heavy atom. The van der Waals surface area contributed by atoms with Gasteiger partial charge in [-0.2, -0.15) is 0 Å². The quantitative estimate of drug-likeness (QED) is 0.710. The smallest absolute Gasteiger partial charge is 0.119 e. The van der Waals surface area contributed by atoms with Crippen LogP contribution in [0.15, 0.2) is 66.0 Å². The third-order valence-electron chi connectivity index (χ3n) is 4.76. The first-order chi connectivity index (χ1) is 12.8. The van der Waals surface area contributed by atoms with Gasteiger partial charge in [0.25, 0.3) is 0 Å². The molecule has 1 aliphatic heterocycles. The number of hydrogen-bond donors (Lipinski definition) is 1. The molecule has 4 heteroatoms. The third-order valence-corrected chi connectivity index (χ3v) is 5.78. The Bertz CT molecular complexity index is 829. The lowest BCUT2D eigenvalue weighted by Crippen LogP contribution is -2.38. The maximum Gasteiger partial charge on any atom is 0.119 e. The molecule has 0 amide bonds. The zero-order valence-electron chi connectivity index (χ0n) is 14.7. The Morgan fingerprint density at radius 2 is 1.77 bits per heavy atom. The summed E-state index contributed by atoms with van der Waals surface area (Å²) in [6, 6.07) is 20.5. The van der Waals surface area contributed by atoms with E-state index >= 15 is 0 Å². The molecule has 2 heterocycles. The molecule has 26 heavy (non-hydrogen) atoms. The van der Waals surface area contributed by atoms with Crippen LogP contribution in [0.4, 0.5) is 0 Å². The summed E-state index contributed by atoms with van der Waals surface area (Å²) < 4.78 is 5.78. The largest absolute Gasteiger partial charge is 0.491 e. The maximum absolute atomic E-state index is 10.3. The molecule has 0 saturated carbocycles. The lowest BCUT2D eigenvalue weighted by Gasteiger charge is -2.28. The van der Waals surface area contributed by atoms with Crippen molar-refractivity contribution in [2.75, 3.05) is 19.7 Å². The van der Waals surface area contributed by atoms with E-state index in [1.165, 1.54) is 21.6 Å².